The number of amides is 1. The summed E-state index contributed by atoms with van der Waals surface area (Å²) in [6.07, 6.45) is 1.26. The third-order valence-corrected chi connectivity index (χ3v) is 5.81. The Morgan fingerprint density at radius 2 is 2.00 bits per heavy atom. The molecule has 7 nitrogen and oxygen atoms in total. The van der Waals surface area contributed by atoms with Crippen LogP contribution in [0.3, 0.4) is 0 Å². The van der Waals surface area contributed by atoms with E-state index in [-0.39, 0.29) is 17.6 Å². The van der Waals surface area contributed by atoms with Gasteiger partial charge in [-0.2, -0.15) is 9.61 Å². The Kier molecular flexibility index (Phi) is 5.61. The molecule has 0 atom stereocenters. The third-order valence-electron chi connectivity index (χ3n) is 4.59. The number of nitrogens with zero attached hydrogens (tertiary/aromatic N) is 5. The molecule has 31 heavy (non-hydrogen) atoms. The first-order valence-electron chi connectivity index (χ1n) is 10.0. The summed E-state index contributed by atoms with van der Waals surface area (Å²) in [6, 6.07) is 9.51. The van der Waals surface area contributed by atoms with E-state index in [1.807, 2.05) is 45.0 Å². The van der Waals surface area contributed by atoms with Crippen molar-refractivity contribution < 1.29 is 9.53 Å². The Bertz CT molecular complexity index is 1220. The summed E-state index contributed by atoms with van der Waals surface area (Å²) < 4.78 is 8.40. The largest absolute Gasteiger partial charge is 0.443 e. The van der Waals surface area contributed by atoms with Crippen LogP contribution in [0.25, 0.3) is 15.9 Å². The predicted octanol–water partition coefficient (Wildman–Crippen LogP) is 6.06. The Hall–Kier alpha value is -2.71. The molecular weight excluding hydrogens is 434 g/mol. The highest BCUT2D eigenvalue weighted by atomic mass is 35.5. The average molecular weight is 458 g/mol. The molecule has 0 aliphatic rings. The number of aromatic nitrogens is 4. The fraction of sp³-hybridized carbons (Fsp3) is 0.364. The molecule has 9 heteroatoms. The molecule has 162 valence electrons. The molecule has 1 amide bonds. The number of ether oxygens (including phenoxy) is 1. The average Bonchev–Trinajstić information content (AvgIpc) is 3.27. The summed E-state index contributed by atoms with van der Waals surface area (Å²) in [5, 5.41) is 5.56. The zero-order chi connectivity index (χ0) is 22.3. The van der Waals surface area contributed by atoms with Crippen molar-refractivity contribution >= 4 is 50.7 Å². The number of halogens is 1. The Morgan fingerprint density at radius 1 is 1.26 bits per heavy atom. The van der Waals surface area contributed by atoms with Gasteiger partial charge in [-0.25, -0.2) is 14.8 Å². The van der Waals surface area contributed by atoms with Crippen molar-refractivity contribution in [2.24, 2.45) is 0 Å². The molecule has 3 heterocycles. The fourth-order valence-corrected chi connectivity index (χ4v) is 4.35. The van der Waals surface area contributed by atoms with Crippen LogP contribution in [0, 0.1) is 0 Å². The lowest BCUT2D eigenvalue weighted by atomic mass is 10.1. The number of benzene rings is 1. The first-order valence-corrected chi connectivity index (χ1v) is 11.2. The van der Waals surface area contributed by atoms with Crippen molar-refractivity contribution in [2.45, 2.75) is 52.7 Å². The van der Waals surface area contributed by atoms with Gasteiger partial charge < -0.3 is 4.74 Å². The number of para-hydroxylation sites is 1. The van der Waals surface area contributed by atoms with Crippen molar-refractivity contribution in [3.05, 3.63) is 52.3 Å². The first-order chi connectivity index (χ1) is 14.6. The highest BCUT2D eigenvalue weighted by Gasteiger charge is 2.28. The minimum atomic E-state index is -0.661. The van der Waals surface area contributed by atoms with Crippen LogP contribution in [0.5, 0.6) is 0 Å². The molecule has 0 spiro atoms. The van der Waals surface area contributed by atoms with E-state index >= 15 is 0 Å². The van der Waals surface area contributed by atoms with E-state index in [0.717, 1.165) is 20.8 Å². The van der Waals surface area contributed by atoms with Crippen LogP contribution < -0.4 is 4.90 Å². The lowest BCUT2D eigenvalue weighted by Gasteiger charge is -2.27. The molecule has 0 bridgehead atoms. The molecule has 0 saturated heterocycles. The lowest BCUT2D eigenvalue weighted by Crippen LogP contribution is -2.37. The summed E-state index contributed by atoms with van der Waals surface area (Å²) in [7, 11) is 0. The SMILES string of the molecule is CC(C)c1cnn2c(N(Cc3nc4ccccc4s3)C(=O)OC(C)(C)C)cc(Cl)nc12. The van der Waals surface area contributed by atoms with Crippen molar-refractivity contribution in [3.8, 4) is 0 Å². The molecule has 0 aliphatic carbocycles. The normalized spacial score (nSPS) is 12.1. The number of carbonyl (C=O) groups is 1. The molecular formula is C22H24ClN5O2S. The van der Waals surface area contributed by atoms with Crippen LogP contribution >= 0.6 is 22.9 Å². The second-order valence-electron chi connectivity index (χ2n) is 8.57. The van der Waals surface area contributed by atoms with Crippen LogP contribution in [-0.4, -0.2) is 31.3 Å². The third kappa shape index (κ3) is 4.50. The van der Waals surface area contributed by atoms with Gasteiger partial charge in [0.2, 0.25) is 0 Å². The Balaban J connectivity index is 1.83. The molecule has 0 unspecified atom stereocenters. The summed E-state index contributed by atoms with van der Waals surface area (Å²) in [4.78, 5) is 23.9. The van der Waals surface area contributed by atoms with Crippen LogP contribution in [0.1, 0.15) is 51.1 Å². The van der Waals surface area contributed by atoms with Crippen molar-refractivity contribution in [1.82, 2.24) is 19.6 Å². The van der Waals surface area contributed by atoms with Gasteiger partial charge in [0.25, 0.3) is 0 Å². The van der Waals surface area contributed by atoms with Crippen molar-refractivity contribution in [1.29, 1.82) is 0 Å². The van der Waals surface area contributed by atoms with E-state index in [0.29, 0.717) is 11.5 Å². The molecule has 0 aliphatic heterocycles. The molecule has 3 aromatic heterocycles. The van der Waals surface area contributed by atoms with Crippen LogP contribution in [-0.2, 0) is 11.3 Å². The fourth-order valence-electron chi connectivity index (χ4n) is 3.21. The molecule has 0 N–H and O–H groups in total. The van der Waals surface area contributed by atoms with Crippen molar-refractivity contribution in [3.63, 3.8) is 0 Å². The summed E-state index contributed by atoms with van der Waals surface area (Å²) >= 11 is 7.90. The maximum atomic E-state index is 13.3. The Labute approximate surface area is 189 Å². The standard InChI is InChI=1S/C22H24ClN5O2S/c1-13(2)14-11-24-28-19(10-17(23)26-20(14)28)27(21(29)30-22(3,4)5)12-18-25-15-8-6-7-9-16(15)31-18/h6-11,13H,12H2,1-5H3. The monoisotopic (exact) mass is 457 g/mol. The van der Waals surface area contributed by atoms with Crippen LogP contribution in [0.4, 0.5) is 10.6 Å². The summed E-state index contributed by atoms with van der Waals surface area (Å²) in [6.45, 7) is 9.85. The summed E-state index contributed by atoms with van der Waals surface area (Å²) in [5.74, 6) is 0.686. The molecule has 4 rings (SSSR count). The minimum Gasteiger partial charge on any atom is -0.443 e. The number of rotatable bonds is 4. The van der Waals surface area contributed by atoms with Gasteiger partial charge in [-0.3, -0.25) is 4.90 Å². The quantitative estimate of drug-likeness (QED) is 0.348. The van der Waals surface area contributed by atoms with E-state index in [9.17, 15) is 4.79 Å². The maximum Gasteiger partial charge on any atom is 0.416 e. The highest BCUT2D eigenvalue weighted by molar-refractivity contribution is 7.18. The molecule has 4 aromatic rings. The first kappa shape index (κ1) is 21.5. The van der Waals surface area contributed by atoms with Gasteiger partial charge in [0.15, 0.2) is 5.65 Å². The minimum absolute atomic E-state index is 0.204. The van der Waals surface area contributed by atoms with Gasteiger partial charge in [0.1, 0.15) is 21.6 Å². The molecule has 0 saturated carbocycles. The number of thiazole rings is 1. The number of fused-ring (bicyclic) bond motifs is 2. The van der Waals surface area contributed by atoms with E-state index in [4.69, 9.17) is 16.3 Å². The van der Waals surface area contributed by atoms with Gasteiger partial charge >= 0.3 is 6.09 Å². The predicted molar refractivity (Wildman–Crippen MR) is 124 cm³/mol. The maximum absolute atomic E-state index is 13.3. The van der Waals surface area contributed by atoms with Gasteiger partial charge in [0.05, 0.1) is 23.0 Å². The topological polar surface area (TPSA) is 72.6 Å². The van der Waals surface area contributed by atoms with E-state index in [2.05, 4.69) is 28.9 Å². The second kappa shape index (κ2) is 8.09. The van der Waals surface area contributed by atoms with Gasteiger partial charge in [-0.1, -0.05) is 37.6 Å². The van der Waals surface area contributed by atoms with Crippen LogP contribution in [0.2, 0.25) is 5.15 Å². The highest BCUT2D eigenvalue weighted by Crippen LogP contribution is 2.30. The van der Waals surface area contributed by atoms with Gasteiger partial charge in [0, 0.05) is 11.6 Å². The zero-order valence-electron chi connectivity index (χ0n) is 18.1. The second-order valence-corrected chi connectivity index (χ2v) is 10.1. The van der Waals surface area contributed by atoms with Gasteiger partial charge in [-0.05, 0) is 38.8 Å². The van der Waals surface area contributed by atoms with E-state index in [1.54, 1.807) is 16.8 Å². The number of hydrogen-bond acceptors (Lipinski definition) is 6. The smallest absolute Gasteiger partial charge is 0.416 e. The number of hydrogen-bond donors (Lipinski definition) is 0. The molecule has 0 radical (unpaired) electrons. The van der Waals surface area contributed by atoms with Gasteiger partial charge in [-0.15, -0.1) is 11.3 Å². The lowest BCUT2D eigenvalue weighted by molar-refractivity contribution is 0.0575. The molecule has 1 aromatic carbocycles. The van der Waals surface area contributed by atoms with E-state index < -0.39 is 11.7 Å². The summed E-state index contributed by atoms with van der Waals surface area (Å²) in [5.41, 5.74) is 1.81. The number of carbonyl (C=O) groups excluding carboxylic acids is 1. The van der Waals surface area contributed by atoms with E-state index in [1.165, 1.54) is 16.2 Å². The zero-order valence-corrected chi connectivity index (χ0v) is 19.7. The van der Waals surface area contributed by atoms with Crippen LogP contribution in [0.15, 0.2) is 36.5 Å². The van der Waals surface area contributed by atoms with Crippen molar-refractivity contribution in [2.75, 3.05) is 4.90 Å². The number of anilines is 1. The Morgan fingerprint density at radius 3 is 2.68 bits per heavy atom. The molecule has 0 fully saturated rings.